The van der Waals surface area contributed by atoms with Crippen molar-refractivity contribution in [3.05, 3.63) is 83.9 Å². The molecule has 3 aromatic rings. The van der Waals surface area contributed by atoms with Gasteiger partial charge in [-0.15, -0.1) is 0 Å². The van der Waals surface area contributed by atoms with Gasteiger partial charge in [-0.2, -0.15) is 0 Å². The van der Waals surface area contributed by atoms with Crippen LogP contribution in [0.2, 0.25) is 22.8 Å². The molecular weight excluding hydrogens is 438 g/mol. The molecule has 0 radical (unpaired) electrons. The quantitative estimate of drug-likeness (QED) is 0.407. The molecule has 2 heteroatoms. The monoisotopic (exact) mass is 466 g/mol. The zero-order valence-corrected chi connectivity index (χ0v) is 20.0. The van der Waals surface area contributed by atoms with E-state index in [9.17, 15) is 0 Å². The minimum absolute atomic E-state index is 1.27. The predicted octanol–water partition coefficient (Wildman–Crippen LogP) is 5.06. The predicted molar refractivity (Wildman–Crippen MR) is 120 cm³/mol. The number of fused-ring (bicyclic) bond motifs is 4. The van der Waals surface area contributed by atoms with Crippen LogP contribution in [-0.4, -0.2) is 27.1 Å². The first kappa shape index (κ1) is 18.2. The number of hydrogen-bond donors (Lipinski definition) is 0. The molecule has 132 valence electrons. The molecule has 0 nitrogen and oxygen atoms in total. The molecule has 0 atom stereocenters. The van der Waals surface area contributed by atoms with Crippen molar-refractivity contribution in [2.24, 2.45) is 0 Å². The van der Waals surface area contributed by atoms with Crippen LogP contribution in [-0.2, 0) is 10.4 Å². The average molecular weight is 466 g/mol. The Labute approximate surface area is 163 Å². The van der Waals surface area contributed by atoms with Gasteiger partial charge in [-0.25, -0.2) is 0 Å². The second kappa shape index (κ2) is 6.74. The van der Waals surface area contributed by atoms with Crippen molar-refractivity contribution in [3.63, 3.8) is 0 Å². The van der Waals surface area contributed by atoms with Gasteiger partial charge in [0.1, 0.15) is 0 Å². The summed E-state index contributed by atoms with van der Waals surface area (Å²) in [5.41, 5.74) is 16.5. The van der Waals surface area contributed by atoms with Crippen molar-refractivity contribution in [2.45, 2.75) is 33.3 Å². The summed E-state index contributed by atoms with van der Waals surface area (Å²) in [6, 6.07) is 27.8. The van der Waals surface area contributed by atoms with Crippen molar-refractivity contribution < 1.29 is 0 Å². The second-order valence-electron chi connectivity index (χ2n) is 8.49. The van der Waals surface area contributed by atoms with E-state index in [0.29, 0.717) is 0 Å². The van der Waals surface area contributed by atoms with E-state index in [1.807, 2.05) is 0 Å². The summed E-state index contributed by atoms with van der Waals surface area (Å²) in [7, 11) is 0. The Kier molecular flexibility index (Phi) is 4.71. The SMILES string of the molecule is C[As+]1(C)Cc2ccccc2C[As+](C)(C)c2ccccc2-c2ccccc21. The summed E-state index contributed by atoms with van der Waals surface area (Å²) in [4.78, 5) is 0. The summed E-state index contributed by atoms with van der Waals surface area (Å²) >= 11 is -4.00. The van der Waals surface area contributed by atoms with Gasteiger partial charge in [-0.1, -0.05) is 0 Å². The molecule has 4 rings (SSSR count). The van der Waals surface area contributed by atoms with Crippen LogP contribution >= 0.6 is 0 Å². The van der Waals surface area contributed by atoms with Crippen LogP contribution in [0.15, 0.2) is 72.8 Å². The molecule has 0 bridgehead atoms. The van der Waals surface area contributed by atoms with Gasteiger partial charge in [0, 0.05) is 0 Å². The maximum absolute atomic E-state index is 2.57. The van der Waals surface area contributed by atoms with E-state index < -0.39 is 27.1 Å². The minimum atomic E-state index is -2.00. The topological polar surface area (TPSA) is 0 Å². The molecule has 0 saturated heterocycles. The van der Waals surface area contributed by atoms with Crippen LogP contribution < -0.4 is 8.70 Å². The van der Waals surface area contributed by atoms with Crippen molar-refractivity contribution in [1.82, 2.24) is 0 Å². The van der Waals surface area contributed by atoms with Gasteiger partial charge in [-0.05, 0) is 0 Å². The maximum atomic E-state index is 2.57. The second-order valence-corrected chi connectivity index (χ2v) is 26.0. The fourth-order valence-corrected chi connectivity index (χ4v) is 15.5. The summed E-state index contributed by atoms with van der Waals surface area (Å²) in [5.74, 6) is 0. The molecule has 0 spiro atoms. The van der Waals surface area contributed by atoms with Gasteiger partial charge in [0.2, 0.25) is 0 Å². The van der Waals surface area contributed by atoms with Gasteiger partial charge in [0.15, 0.2) is 0 Å². The van der Waals surface area contributed by atoms with Crippen LogP contribution in [0.1, 0.15) is 11.1 Å². The van der Waals surface area contributed by atoms with Crippen LogP contribution in [0.3, 0.4) is 0 Å². The Morgan fingerprint density at radius 2 is 0.846 bits per heavy atom. The van der Waals surface area contributed by atoms with E-state index in [1.54, 1.807) is 19.8 Å². The Bertz CT molecular complexity index is 875. The first-order valence-corrected chi connectivity index (χ1v) is 21.3. The fourth-order valence-electron chi connectivity index (χ4n) is 4.35. The third-order valence-electron chi connectivity index (χ3n) is 5.65. The first-order chi connectivity index (χ1) is 12.4. The van der Waals surface area contributed by atoms with E-state index in [-0.39, 0.29) is 0 Å². The Morgan fingerprint density at radius 3 is 1.27 bits per heavy atom. The van der Waals surface area contributed by atoms with Gasteiger partial charge >= 0.3 is 164 Å². The van der Waals surface area contributed by atoms with Crippen LogP contribution in [0.25, 0.3) is 11.1 Å². The van der Waals surface area contributed by atoms with Gasteiger partial charge in [0.05, 0.1) is 0 Å². The molecule has 1 heterocycles. The molecule has 0 unspecified atom stereocenters. The molecule has 0 aromatic heterocycles. The number of rotatable bonds is 0. The summed E-state index contributed by atoms with van der Waals surface area (Å²) in [5, 5.41) is 2.53. The van der Waals surface area contributed by atoms with E-state index in [2.05, 4.69) is 95.6 Å². The zero-order valence-electron chi connectivity index (χ0n) is 16.2. The molecule has 1 aliphatic heterocycles. The Morgan fingerprint density at radius 1 is 0.500 bits per heavy atom. The summed E-state index contributed by atoms with van der Waals surface area (Å²) in [6.07, 6.45) is 0. The van der Waals surface area contributed by atoms with Crippen LogP contribution in [0.4, 0.5) is 0 Å². The molecule has 0 N–H and O–H groups in total. The van der Waals surface area contributed by atoms with Crippen molar-refractivity contribution >= 4 is 35.8 Å². The van der Waals surface area contributed by atoms with E-state index >= 15 is 0 Å². The van der Waals surface area contributed by atoms with E-state index in [4.69, 9.17) is 0 Å². The van der Waals surface area contributed by atoms with E-state index in [1.165, 1.54) is 21.5 Å². The molecule has 0 amide bonds. The Hall–Kier alpha value is -1.22. The number of hydrogen-bond acceptors (Lipinski definition) is 0. The summed E-state index contributed by atoms with van der Waals surface area (Å²) < 4.78 is 3.29. The molecule has 0 aliphatic carbocycles. The van der Waals surface area contributed by atoms with Crippen molar-refractivity contribution in [2.75, 3.05) is 0 Å². The third kappa shape index (κ3) is 3.24. The molecule has 26 heavy (non-hydrogen) atoms. The molecular formula is C24H28As2+2. The molecule has 1 aliphatic rings. The molecule has 3 aromatic carbocycles. The standard InChI is InChI=1S/C24H28As2/c1-25(2)17-19-11-5-6-12-20(19)18-26(3,4)24-16-10-8-14-22(24)21-13-7-9-15-23(21)25/h5-16H,17-18H2,1-4H3/q+2. The average Bonchev–Trinajstić information content (AvgIpc) is 2.62. The van der Waals surface area contributed by atoms with Gasteiger partial charge < -0.3 is 0 Å². The normalized spacial score (nSPS) is 17.5. The molecule has 0 fully saturated rings. The van der Waals surface area contributed by atoms with Gasteiger partial charge in [-0.3, -0.25) is 0 Å². The van der Waals surface area contributed by atoms with Gasteiger partial charge in [0.25, 0.3) is 0 Å². The number of benzene rings is 3. The van der Waals surface area contributed by atoms with Crippen molar-refractivity contribution in [3.8, 4) is 11.1 Å². The first-order valence-electron chi connectivity index (χ1n) is 9.31. The summed E-state index contributed by atoms with van der Waals surface area (Å²) in [6.45, 7) is 0. The fraction of sp³-hybridized carbons (Fsp3) is 0.250. The zero-order chi connectivity index (χ0) is 18.4. The van der Waals surface area contributed by atoms with Crippen LogP contribution in [0, 0.1) is 0 Å². The Balaban J connectivity index is 2.06. The van der Waals surface area contributed by atoms with Crippen LogP contribution in [0.5, 0.6) is 0 Å². The van der Waals surface area contributed by atoms with Crippen molar-refractivity contribution in [1.29, 1.82) is 0 Å². The third-order valence-corrected chi connectivity index (χ3v) is 17.5. The molecule has 0 saturated carbocycles. The van der Waals surface area contributed by atoms with E-state index in [0.717, 1.165) is 0 Å².